The average molecular weight is 326 g/mol. The van der Waals surface area contributed by atoms with Gasteiger partial charge in [0, 0.05) is 25.1 Å². The number of pyridine rings is 1. The third-order valence-corrected chi connectivity index (χ3v) is 4.08. The van der Waals surface area contributed by atoms with E-state index in [2.05, 4.69) is 10.3 Å². The summed E-state index contributed by atoms with van der Waals surface area (Å²) in [6, 6.07) is 10.1. The third kappa shape index (κ3) is 3.34. The highest BCUT2D eigenvalue weighted by Gasteiger charge is 2.21. The first kappa shape index (κ1) is 15.9. The third-order valence-electron chi connectivity index (χ3n) is 4.08. The Bertz CT molecular complexity index is 761. The Labute approximate surface area is 139 Å². The van der Waals surface area contributed by atoms with Gasteiger partial charge in [-0.2, -0.15) is 0 Å². The molecule has 2 heterocycles. The molecule has 7 heteroatoms. The summed E-state index contributed by atoms with van der Waals surface area (Å²) in [6.45, 7) is 2.65. The number of nitrogens with one attached hydrogen (secondary N) is 1. The number of hydrogen-bond donors (Lipinski definition) is 1. The van der Waals surface area contributed by atoms with Crippen molar-refractivity contribution >= 4 is 23.1 Å². The second kappa shape index (κ2) is 6.66. The summed E-state index contributed by atoms with van der Waals surface area (Å²) in [5, 5.41) is 14.1. The maximum absolute atomic E-state index is 11.7. The van der Waals surface area contributed by atoms with Crippen LogP contribution in [0.3, 0.4) is 0 Å². The minimum Gasteiger partial charge on any atom is -0.364 e. The van der Waals surface area contributed by atoms with Crippen molar-refractivity contribution in [1.82, 2.24) is 4.98 Å². The Morgan fingerprint density at radius 2 is 2.17 bits per heavy atom. The number of carbonyl (C=O) groups excluding carboxylic acids is 1. The first-order valence-electron chi connectivity index (χ1n) is 7.82. The minimum absolute atomic E-state index is 0.0667. The van der Waals surface area contributed by atoms with Crippen LogP contribution in [0.1, 0.15) is 31.4 Å². The molecule has 1 atom stereocenters. The first-order valence-corrected chi connectivity index (χ1v) is 7.82. The molecule has 7 nitrogen and oxygen atoms in total. The molecule has 3 rings (SSSR count). The molecular formula is C17H18N4O3. The van der Waals surface area contributed by atoms with E-state index in [-0.39, 0.29) is 17.6 Å². The van der Waals surface area contributed by atoms with E-state index < -0.39 is 4.92 Å². The molecule has 1 N–H and O–H groups in total. The van der Waals surface area contributed by atoms with Gasteiger partial charge in [0.1, 0.15) is 5.82 Å². The fourth-order valence-corrected chi connectivity index (χ4v) is 2.77. The lowest BCUT2D eigenvalue weighted by atomic mass is 10.1. The molecule has 1 aliphatic rings. The van der Waals surface area contributed by atoms with Crippen molar-refractivity contribution < 1.29 is 9.72 Å². The van der Waals surface area contributed by atoms with Crippen molar-refractivity contribution in [3.8, 4) is 0 Å². The van der Waals surface area contributed by atoms with Gasteiger partial charge in [-0.3, -0.25) is 14.9 Å². The van der Waals surface area contributed by atoms with Gasteiger partial charge in [0.2, 0.25) is 5.91 Å². The number of hydrogen-bond acceptors (Lipinski definition) is 5. The minimum atomic E-state index is -0.406. The Balaban J connectivity index is 1.70. The number of carbonyl (C=O) groups is 1. The lowest BCUT2D eigenvalue weighted by Gasteiger charge is -2.17. The maximum atomic E-state index is 11.7. The molecule has 0 aliphatic carbocycles. The molecule has 0 saturated carbocycles. The molecule has 0 radical (unpaired) electrons. The SMILES string of the molecule is CC(Nc1ccc(N2CCCC2=O)cn1)c1cccc([N+](=O)[O-])c1. The second-order valence-electron chi connectivity index (χ2n) is 5.77. The monoisotopic (exact) mass is 326 g/mol. The topological polar surface area (TPSA) is 88.4 Å². The summed E-state index contributed by atoms with van der Waals surface area (Å²) >= 11 is 0. The van der Waals surface area contributed by atoms with E-state index in [0.29, 0.717) is 12.2 Å². The van der Waals surface area contributed by atoms with Crippen LogP contribution in [-0.2, 0) is 4.79 Å². The molecule has 1 aliphatic heterocycles. The smallest absolute Gasteiger partial charge is 0.269 e. The quantitative estimate of drug-likeness (QED) is 0.673. The zero-order valence-electron chi connectivity index (χ0n) is 13.3. The van der Waals surface area contributed by atoms with E-state index in [1.165, 1.54) is 6.07 Å². The zero-order chi connectivity index (χ0) is 17.1. The lowest BCUT2D eigenvalue weighted by Crippen LogP contribution is -2.23. The standard InChI is InChI=1S/C17H18N4O3/c1-12(13-4-2-5-14(10-13)21(23)24)19-16-8-7-15(11-18-16)20-9-3-6-17(20)22/h2,4-5,7-8,10-12H,3,6,9H2,1H3,(H,18,19). The molecule has 124 valence electrons. The van der Waals surface area contributed by atoms with Gasteiger partial charge in [-0.05, 0) is 31.0 Å². The number of anilines is 2. The van der Waals surface area contributed by atoms with Crippen molar-refractivity contribution in [3.63, 3.8) is 0 Å². The second-order valence-corrected chi connectivity index (χ2v) is 5.77. The molecule has 1 aromatic heterocycles. The highest BCUT2D eigenvalue weighted by Crippen LogP contribution is 2.24. The summed E-state index contributed by atoms with van der Waals surface area (Å²) in [5.41, 5.74) is 1.67. The van der Waals surface area contributed by atoms with Crippen LogP contribution in [0.15, 0.2) is 42.6 Å². The van der Waals surface area contributed by atoms with Crippen molar-refractivity contribution in [2.24, 2.45) is 0 Å². The van der Waals surface area contributed by atoms with Gasteiger partial charge in [0.15, 0.2) is 0 Å². The van der Waals surface area contributed by atoms with Gasteiger partial charge in [-0.15, -0.1) is 0 Å². The predicted molar refractivity (Wildman–Crippen MR) is 91.0 cm³/mol. The van der Waals surface area contributed by atoms with Gasteiger partial charge in [-0.1, -0.05) is 12.1 Å². The number of rotatable bonds is 5. The number of aromatic nitrogens is 1. The van der Waals surface area contributed by atoms with Crippen LogP contribution in [-0.4, -0.2) is 22.4 Å². The fourth-order valence-electron chi connectivity index (χ4n) is 2.77. The molecule has 24 heavy (non-hydrogen) atoms. The zero-order valence-corrected chi connectivity index (χ0v) is 13.3. The molecule has 1 saturated heterocycles. The molecule has 1 aromatic carbocycles. The van der Waals surface area contributed by atoms with Gasteiger partial charge < -0.3 is 10.2 Å². The maximum Gasteiger partial charge on any atom is 0.269 e. The molecule has 1 amide bonds. The number of nitrogens with zero attached hydrogens (tertiary/aromatic N) is 3. The van der Waals surface area contributed by atoms with Crippen molar-refractivity contribution in [2.45, 2.75) is 25.8 Å². The van der Waals surface area contributed by atoms with Crippen LogP contribution in [0.25, 0.3) is 0 Å². The number of nitro benzene ring substituents is 1. The molecular weight excluding hydrogens is 308 g/mol. The molecule has 1 unspecified atom stereocenters. The van der Waals surface area contributed by atoms with Gasteiger partial charge >= 0.3 is 0 Å². The number of nitro groups is 1. The molecule has 2 aromatic rings. The predicted octanol–water partition coefficient (Wildman–Crippen LogP) is 3.29. The van der Waals surface area contributed by atoms with Gasteiger partial charge in [-0.25, -0.2) is 4.98 Å². The Kier molecular flexibility index (Phi) is 4.41. The first-order chi connectivity index (χ1) is 11.5. The van der Waals surface area contributed by atoms with Crippen molar-refractivity contribution in [3.05, 3.63) is 58.3 Å². The number of amides is 1. The van der Waals surface area contributed by atoms with Crippen molar-refractivity contribution in [2.75, 3.05) is 16.8 Å². The summed E-state index contributed by atoms with van der Waals surface area (Å²) < 4.78 is 0. The summed E-state index contributed by atoms with van der Waals surface area (Å²) in [6.07, 6.45) is 3.14. The van der Waals surface area contributed by atoms with E-state index in [9.17, 15) is 14.9 Å². The van der Waals surface area contributed by atoms with Crippen LogP contribution in [0, 0.1) is 10.1 Å². The average Bonchev–Trinajstić information content (AvgIpc) is 3.01. The van der Waals surface area contributed by atoms with Gasteiger partial charge in [0.25, 0.3) is 5.69 Å². The van der Waals surface area contributed by atoms with Crippen LogP contribution in [0.4, 0.5) is 17.2 Å². The molecule has 1 fully saturated rings. The number of non-ortho nitro benzene ring substituents is 1. The highest BCUT2D eigenvalue weighted by molar-refractivity contribution is 5.95. The molecule has 0 spiro atoms. The normalized spacial score (nSPS) is 15.4. The van der Waals surface area contributed by atoms with E-state index in [4.69, 9.17) is 0 Å². The Morgan fingerprint density at radius 3 is 2.79 bits per heavy atom. The van der Waals surface area contributed by atoms with Crippen LogP contribution < -0.4 is 10.2 Å². The van der Waals surface area contributed by atoms with Crippen LogP contribution >= 0.6 is 0 Å². The largest absolute Gasteiger partial charge is 0.364 e. The lowest BCUT2D eigenvalue weighted by molar-refractivity contribution is -0.384. The summed E-state index contributed by atoms with van der Waals surface area (Å²) in [5.74, 6) is 0.784. The van der Waals surface area contributed by atoms with E-state index in [1.54, 1.807) is 23.2 Å². The Hall–Kier alpha value is -2.96. The number of benzene rings is 1. The van der Waals surface area contributed by atoms with E-state index >= 15 is 0 Å². The van der Waals surface area contributed by atoms with E-state index in [0.717, 1.165) is 24.2 Å². The summed E-state index contributed by atoms with van der Waals surface area (Å²) in [7, 11) is 0. The Morgan fingerprint density at radius 1 is 1.33 bits per heavy atom. The van der Waals surface area contributed by atoms with Crippen molar-refractivity contribution in [1.29, 1.82) is 0 Å². The molecule has 0 bridgehead atoms. The fraction of sp³-hybridized carbons (Fsp3) is 0.294. The van der Waals surface area contributed by atoms with Crippen LogP contribution in [0.2, 0.25) is 0 Å². The summed E-state index contributed by atoms with van der Waals surface area (Å²) in [4.78, 5) is 28.3. The van der Waals surface area contributed by atoms with Crippen LogP contribution in [0.5, 0.6) is 0 Å². The van der Waals surface area contributed by atoms with Gasteiger partial charge in [0.05, 0.1) is 22.8 Å². The highest BCUT2D eigenvalue weighted by atomic mass is 16.6. The van der Waals surface area contributed by atoms with E-state index in [1.807, 2.05) is 25.1 Å².